The molecule has 0 aromatic heterocycles. The highest BCUT2D eigenvalue weighted by molar-refractivity contribution is 6.16. The smallest absolute Gasteiger partial charge is 0.305 e. The summed E-state index contributed by atoms with van der Waals surface area (Å²) in [5, 5.41) is 2.25. The largest absolute Gasteiger partial charge is 0.330 e. The van der Waals surface area contributed by atoms with E-state index in [-0.39, 0.29) is 5.91 Å². The molecule has 1 atom stereocenters. The van der Waals surface area contributed by atoms with Crippen molar-refractivity contribution in [2.75, 3.05) is 26.7 Å². The van der Waals surface area contributed by atoms with Crippen molar-refractivity contribution in [3.8, 4) is 0 Å². The molecule has 1 aliphatic rings. The first-order valence-electron chi connectivity index (χ1n) is 6.36. The molecule has 6 heteroatoms. The van der Waals surface area contributed by atoms with Gasteiger partial charge in [0.15, 0.2) is 0 Å². The van der Waals surface area contributed by atoms with Gasteiger partial charge in [-0.1, -0.05) is 20.3 Å². The van der Waals surface area contributed by atoms with Crippen LogP contribution in [0.4, 0.5) is 4.79 Å². The number of urea groups is 1. The van der Waals surface area contributed by atoms with Crippen LogP contribution in [-0.2, 0) is 9.59 Å². The number of hydrogen-bond acceptors (Lipinski definition) is 4. The van der Waals surface area contributed by atoms with Crippen LogP contribution < -0.4 is 5.32 Å². The molecule has 0 radical (unpaired) electrons. The summed E-state index contributed by atoms with van der Waals surface area (Å²) in [4.78, 5) is 38.4. The first-order valence-corrected chi connectivity index (χ1v) is 6.36. The summed E-state index contributed by atoms with van der Waals surface area (Å²) < 4.78 is 0. The van der Waals surface area contributed by atoms with Gasteiger partial charge in [-0.3, -0.25) is 19.8 Å². The monoisotopic (exact) mass is 255 g/mol. The summed E-state index contributed by atoms with van der Waals surface area (Å²) in [6.07, 6.45) is 1.22. The summed E-state index contributed by atoms with van der Waals surface area (Å²) in [5.74, 6) is -1.54. The Hall–Kier alpha value is -1.43. The molecule has 0 spiro atoms. The lowest BCUT2D eigenvalue weighted by molar-refractivity contribution is -0.143. The molecule has 1 fully saturated rings. The van der Waals surface area contributed by atoms with Gasteiger partial charge >= 0.3 is 6.03 Å². The van der Waals surface area contributed by atoms with Gasteiger partial charge in [0.1, 0.15) is 5.92 Å². The molecule has 102 valence electrons. The van der Waals surface area contributed by atoms with Gasteiger partial charge in [-0.15, -0.1) is 0 Å². The summed E-state index contributed by atoms with van der Waals surface area (Å²) in [5.41, 5.74) is 0. The standard InChI is InChI=1S/C12H21N3O3/c1-4-6-9-10(16)13-12(18)15(11(9)17)8-7-14(3)5-2/h9H,4-8H2,1-3H3,(H,13,16,18). The van der Waals surface area contributed by atoms with Crippen LogP contribution in [0.1, 0.15) is 26.7 Å². The van der Waals surface area contributed by atoms with Crippen LogP contribution in [0.3, 0.4) is 0 Å². The highest BCUT2D eigenvalue weighted by Gasteiger charge is 2.39. The predicted molar refractivity (Wildman–Crippen MR) is 66.8 cm³/mol. The highest BCUT2D eigenvalue weighted by Crippen LogP contribution is 2.15. The van der Waals surface area contributed by atoms with Gasteiger partial charge in [0.05, 0.1) is 0 Å². The average Bonchev–Trinajstić information content (AvgIpc) is 2.33. The number of amides is 4. The first kappa shape index (κ1) is 14.6. The Balaban J connectivity index is 2.68. The second kappa shape index (κ2) is 6.49. The minimum absolute atomic E-state index is 0.322. The minimum atomic E-state index is -0.709. The Morgan fingerprint density at radius 3 is 2.50 bits per heavy atom. The van der Waals surface area contributed by atoms with Gasteiger partial charge < -0.3 is 4.90 Å². The SMILES string of the molecule is CCCC1C(=O)NC(=O)N(CCN(C)CC)C1=O. The Morgan fingerprint density at radius 2 is 1.94 bits per heavy atom. The lowest BCUT2D eigenvalue weighted by Gasteiger charge is -2.31. The lowest BCUT2D eigenvalue weighted by Crippen LogP contribution is -2.58. The van der Waals surface area contributed by atoms with Gasteiger partial charge in [-0.05, 0) is 20.0 Å². The van der Waals surface area contributed by atoms with Gasteiger partial charge in [0, 0.05) is 13.1 Å². The van der Waals surface area contributed by atoms with E-state index < -0.39 is 17.9 Å². The molecule has 0 aliphatic carbocycles. The van der Waals surface area contributed by atoms with Crippen LogP contribution in [-0.4, -0.2) is 54.3 Å². The second-order valence-corrected chi connectivity index (χ2v) is 4.52. The van der Waals surface area contributed by atoms with Crippen molar-refractivity contribution in [1.82, 2.24) is 15.1 Å². The van der Waals surface area contributed by atoms with Crippen molar-refractivity contribution in [2.45, 2.75) is 26.7 Å². The molecule has 1 rings (SSSR count). The van der Waals surface area contributed by atoms with Gasteiger partial charge in [-0.2, -0.15) is 0 Å². The molecule has 0 bridgehead atoms. The van der Waals surface area contributed by atoms with Crippen molar-refractivity contribution < 1.29 is 14.4 Å². The minimum Gasteiger partial charge on any atom is -0.305 e. The van der Waals surface area contributed by atoms with E-state index >= 15 is 0 Å². The van der Waals surface area contributed by atoms with Crippen LogP contribution in [0.2, 0.25) is 0 Å². The first-order chi connectivity index (χ1) is 8.51. The third-order valence-electron chi connectivity index (χ3n) is 3.18. The van der Waals surface area contributed by atoms with Gasteiger partial charge in [0.25, 0.3) is 0 Å². The number of carbonyl (C=O) groups is 3. The number of imide groups is 2. The zero-order valence-corrected chi connectivity index (χ0v) is 11.2. The van der Waals surface area contributed by atoms with Crippen molar-refractivity contribution in [1.29, 1.82) is 0 Å². The van der Waals surface area contributed by atoms with E-state index in [1.807, 2.05) is 25.8 Å². The molecule has 1 unspecified atom stereocenters. The molecule has 0 aromatic carbocycles. The van der Waals surface area contributed by atoms with Crippen LogP contribution >= 0.6 is 0 Å². The number of hydrogen-bond donors (Lipinski definition) is 1. The fourth-order valence-electron chi connectivity index (χ4n) is 1.84. The topological polar surface area (TPSA) is 69.7 Å². The third kappa shape index (κ3) is 3.29. The van der Waals surface area contributed by atoms with Crippen LogP contribution in [0.5, 0.6) is 0 Å². The fraction of sp³-hybridized carbons (Fsp3) is 0.750. The van der Waals surface area contributed by atoms with Crippen molar-refractivity contribution in [2.24, 2.45) is 5.92 Å². The van der Waals surface area contributed by atoms with Crippen molar-refractivity contribution >= 4 is 17.8 Å². The maximum atomic E-state index is 12.1. The average molecular weight is 255 g/mol. The normalized spacial score (nSPS) is 20.6. The summed E-state index contributed by atoms with van der Waals surface area (Å²) in [7, 11) is 1.92. The fourth-order valence-corrected chi connectivity index (χ4v) is 1.84. The molecule has 1 N–H and O–H groups in total. The Bertz CT molecular complexity index is 343. The second-order valence-electron chi connectivity index (χ2n) is 4.52. The van der Waals surface area contributed by atoms with E-state index in [0.717, 1.165) is 17.9 Å². The zero-order chi connectivity index (χ0) is 13.7. The highest BCUT2D eigenvalue weighted by atomic mass is 16.2. The van der Waals surface area contributed by atoms with Gasteiger partial charge in [-0.25, -0.2) is 4.79 Å². The molecule has 18 heavy (non-hydrogen) atoms. The zero-order valence-electron chi connectivity index (χ0n) is 11.2. The Labute approximate surface area is 107 Å². The molecule has 0 aromatic rings. The molecule has 6 nitrogen and oxygen atoms in total. The van der Waals surface area contributed by atoms with E-state index in [0.29, 0.717) is 19.5 Å². The third-order valence-corrected chi connectivity index (χ3v) is 3.18. The van der Waals surface area contributed by atoms with E-state index in [1.54, 1.807) is 0 Å². The van der Waals surface area contributed by atoms with Crippen molar-refractivity contribution in [3.05, 3.63) is 0 Å². The van der Waals surface area contributed by atoms with E-state index in [2.05, 4.69) is 5.32 Å². The molecule has 1 aliphatic heterocycles. The maximum Gasteiger partial charge on any atom is 0.330 e. The lowest BCUT2D eigenvalue weighted by atomic mass is 9.99. The molecule has 0 saturated carbocycles. The molecule has 1 heterocycles. The molecular formula is C12H21N3O3. The number of rotatable bonds is 6. The molecule has 4 amide bonds. The summed E-state index contributed by atoms with van der Waals surface area (Å²) in [6, 6.07) is -0.596. The number of nitrogens with one attached hydrogen (secondary N) is 1. The Kier molecular flexibility index (Phi) is 5.27. The number of carbonyl (C=O) groups excluding carboxylic acids is 3. The Morgan fingerprint density at radius 1 is 1.28 bits per heavy atom. The molecule has 1 saturated heterocycles. The predicted octanol–water partition coefficient (Wildman–Crippen LogP) is 0.433. The van der Waals surface area contributed by atoms with Gasteiger partial charge in [0.2, 0.25) is 11.8 Å². The van der Waals surface area contributed by atoms with E-state index in [4.69, 9.17) is 0 Å². The van der Waals surface area contributed by atoms with Crippen LogP contribution in [0.25, 0.3) is 0 Å². The van der Waals surface area contributed by atoms with Crippen molar-refractivity contribution in [3.63, 3.8) is 0 Å². The number of likely N-dealkylation sites (N-methyl/N-ethyl adjacent to an activating group) is 1. The van der Waals surface area contributed by atoms with Crippen LogP contribution in [0.15, 0.2) is 0 Å². The van der Waals surface area contributed by atoms with E-state index in [9.17, 15) is 14.4 Å². The van der Waals surface area contributed by atoms with E-state index in [1.165, 1.54) is 0 Å². The summed E-state index contributed by atoms with van der Waals surface area (Å²) >= 11 is 0. The molecular weight excluding hydrogens is 234 g/mol. The van der Waals surface area contributed by atoms with Crippen LogP contribution in [0, 0.1) is 5.92 Å². The number of barbiturate groups is 1. The maximum absolute atomic E-state index is 12.1. The summed E-state index contributed by atoms with van der Waals surface area (Å²) in [6.45, 7) is 5.69. The quantitative estimate of drug-likeness (QED) is 0.699. The number of nitrogens with zero attached hydrogens (tertiary/aromatic N) is 2.